The number of hydrogen-bond donors (Lipinski definition) is 1. The number of ether oxygens (including phenoxy) is 1. The average Bonchev–Trinajstić information content (AvgIpc) is 3.31. The summed E-state index contributed by atoms with van der Waals surface area (Å²) in [6.07, 6.45) is 1.84. The van der Waals surface area contributed by atoms with Gasteiger partial charge in [0.1, 0.15) is 5.75 Å². The van der Waals surface area contributed by atoms with E-state index in [1.165, 1.54) is 11.3 Å². The van der Waals surface area contributed by atoms with E-state index in [-0.39, 0.29) is 18.1 Å². The third-order valence-electron chi connectivity index (χ3n) is 5.11. The summed E-state index contributed by atoms with van der Waals surface area (Å²) >= 11 is 1.36. The minimum atomic E-state index is -0.222. The monoisotopic (exact) mass is 441 g/mol. The Bertz CT molecular complexity index is 1550. The molecule has 0 spiro atoms. The van der Waals surface area contributed by atoms with Gasteiger partial charge in [0.2, 0.25) is 0 Å². The highest BCUT2D eigenvalue weighted by molar-refractivity contribution is 7.15. The van der Waals surface area contributed by atoms with Gasteiger partial charge in [-0.1, -0.05) is 53.8 Å². The maximum absolute atomic E-state index is 12.9. The number of carbonyl (C=O) groups excluding carboxylic acids is 1. The molecule has 0 saturated carbocycles. The molecule has 0 bridgehead atoms. The molecule has 2 heterocycles. The third-order valence-corrected chi connectivity index (χ3v) is 6.08. The number of para-hydroxylation sites is 3. The highest BCUT2D eigenvalue weighted by atomic mass is 32.1. The van der Waals surface area contributed by atoms with Crippen LogP contribution in [0.3, 0.4) is 0 Å². The number of rotatable bonds is 5. The van der Waals surface area contributed by atoms with Crippen LogP contribution in [0.25, 0.3) is 22.1 Å². The second-order valence-corrected chi connectivity index (χ2v) is 8.36. The Labute approximate surface area is 187 Å². The lowest BCUT2D eigenvalue weighted by atomic mass is 10.2. The van der Waals surface area contributed by atoms with E-state index in [1.807, 2.05) is 73.7 Å². The van der Waals surface area contributed by atoms with Crippen molar-refractivity contribution in [2.24, 2.45) is 0 Å². The lowest BCUT2D eigenvalue weighted by molar-refractivity contribution is -0.118. The van der Waals surface area contributed by atoms with Crippen LogP contribution in [0.2, 0.25) is 0 Å². The number of fused-ring (bicyclic) bond motifs is 3. The van der Waals surface area contributed by atoms with Crippen LogP contribution in [0.15, 0.2) is 77.6 Å². The standard InChI is InChI=1S/C25H19N3O3S/c1-16-6-2-3-7-19(16)26-23(29)15-31-18-12-10-17(11-13-18)14-22-24(30)28-21-9-5-4-8-20(21)27-25(28)32-22/h2-14H,15H2,1H3,(H,26,29)/b22-14-. The highest BCUT2D eigenvalue weighted by Crippen LogP contribution is 2.17. The molecule has 0 aliphatic heterocycles. The Morgan fingerprint density at radius 3 is 2.62 bits per heavy atom. The van der Waals surface area contributed by atoms with Gasteiger partial charge in [0.25, 0.3) is 11.5 Å². The predicted octanol–water partition coefficient (Wildman–Crippen LogP) is 3.78. The van der Waals surface area contributed by atoms with Crippen LogP contribution in [0.4, 0.5) is 5.69 Å². The molecule has 0 aliphatic carbocycles. The fraction of sp³-hybridized carbons (Fsp3) is 0.0800. The third kappa shape index (κ3) is 3.86. The van der Waals surface area contributed by atoms with Gasteiger partial charge in [0.15, 0.2) is 11.6 Å². The molecule has 0 radical (unpaired) electrons. The van der Waals surface area contributed by atoms with Crippen LogP contribution in [0.1, 0.15) is 11.1 Å². The molecule has 0 unspecified atom stereocenters. The lowest BCUT2D eigenvalue weighted by Gasteiger charge is -2.09. The minimum absolute atomic E-state index is 0.0769. The van der Waals surface area contributed by atoms with Crippen molar-refractivity contribution in [2.75, 3.05) is 11.9 Å². The number of nitrogens with one attached hydrogen (secondary N) is 1. The zero-order valence-electron chi connectivity index (χ0n) is 17.2. The fourth-order valence-electron chi connectivity index (χ4n) is 3.47. The van der Waals surface area contributed by atoms with E-state index >= 15 is 0 Å². The zero-order chi connectivity index (χ0) is 22.1. The van der Waals surface area contributed by atoms with Gasteiger partial charge in [-0.15, -0.1) is 0 Å². The largest absolute Gasteiger partial charge is 0.484 e. The maximum atomic E-state index is 12.9. The number of anilines is 1. The predicted molar refractivity (Wildman–Crippen MR) is 127 cm³/mol. The minimum Gasteiger partial charge on any atom is -0.484 e. The molecular weight excluding hydrogens is 422 g/mol. The Morgan fingerprint density at radius 2 is 1.81 bits per heavy atom. The second kappa shape index (κ2) is 8.28. The van der Waals surface area contributed by atoms with Crippen LogP contribution in [0, 0.1) is 6.92 Å². The van der Waals surface area contributed by atoms with Crippen LogP contribution in [-0.4, -0.2) is 21.9 Å². The molecule has 1 N–H and O–H groups in total. The molecule has 158 valence electrons. The van der Waals surface area contributed by atoms with E-state index in [0.717, 1.165) is 27.8 Å². The van der Waals surface area contributed by atoms with E-state index in [9.17, 15) is 9.59 Å². The van der Waals surface area contributed by atoms with Crippen molar-refractivity contribution < 1.29 is 9.53 Å². The first-order chi connectivity index (χ1) is 15.6. The van der Waals surface area contributed by atoms with Crippen LogP contribution in [0.5, 0.6) is 5.75 Å². The molecule has 32 heavy (non-hydrogen) atoms. The number of nitrogens with zero attached hydrogens (tertiary/aromatic N) is 2. The van der Waals surface area contributed by atoms with Gasteiger partial charge in [0.05, 0.1) is 15.6 Å². The number of benzene rings is 3. The molecule has 6 nitrogen and oxygen atoms in total. The Hall–Kier alpha value is -3.97. The Balaban J connectivity index is 1.30. The van der Waals surface area contributed by atoms with Gasteiger partial charge in [-0.25, -0.2) is 9.38 Å². The van der Waals surface area contributed by atoms with E-state index < -0.39 is 0 Å². The normalized spacial score (nSPS) is 11.8. The summed E-state index contributed by atoms with van der Waals surface area (Å²) in [5.41, 5.74) is 4.19. The topological polar surface area (TPSA) is 72.7 Å². The molecule has 1 amide bonds. The zero-order valence-corrected chi connectivity index (χ0v) is 18.1. The fourth-order valence-corrected chi connectivity index (χ4v) is 4.46. The number of amides is 1. The van der Waals surface area contributed by atoms with Crippen molar-refractivity contribution in [3.05, 3.63) is 98.8 Å². The summed E-state index contributed by atoms with van der Waals surface area (Å²) in [7, 11) is 0. The summed E-state index contributed by atoms with van der Waals surface area (Å²) in [6, 6.07) is 22.5. The van der Waals surface area contributed by atoms with Crippen LogP contribution in [-0.2, 0) is 4.79 Å². The summed E-state index contributed by atoms with van der Waals surface area (Å²) < 4.78 is 7.86. The highest BCUT2D eigenvalue weighted by Gasteiger charge is 2.10. The van der Waals surface area contributed by atoms with Crippen LogP contribution >= 0.6 is 11.3 Å². The van der Waals surface area contributed by atoms with E-state index in [4.69, 9.17) is 4.74 Å². The summed E-state index contributed by atoms with van der Waals surface area (Å²) in [5, 5.41) is 2.84. The smallest absolute Gasteiger partial charge is 0.274 e. The number of carbonyl (C=O) groups is 1. The summed E-state index contributed by atoms with van der Waals surface area (Å²) in [6.45, 7) is 1.85. The van der Waals surface area contributed by atoms with Crippen molar-refractivity contribution in [1.82, 2.24) is 9.38 Å². The summed E-state index contributed by atoms with van der Waals surface area (Å²) in [4.78, 5) is 30.2. The van der Waals surface area contributed by atoms with Gasteiger partial charge in [-0.05, 0) is 54.5 Å². The first-order valence-corrected chi connectivity index (χ1v) is 10.9. The molecule has 0 atom stereocenters. The van der Waals surface area contributed by atoms with Gasteiger partial charge < -0.3 is 10.1 Å². The molecule has 2 aromatic heterocycles. The van der Waals surface area contributed by atoms with Crippen LogP contribution < -0.4 is 20.1 Å². The van der Waals surface area contributed by atoms with Crippen molar-refractivity contribution in [2.45, 2.75) is 6.92 Å². The molecular formula is C25H19N3O3S. The Morgan fingerprint density at radius 1 is 1.06 bits per heavy atom. The first kappa shape index (κ1) is 20.0. The van der Waals surface area contributed by atoms with Gasteiger partial charge >= 0.3 is 0 Å². The van der Waals surface area contributed by atoms with Crippen molar-refractivity contribution in [1.29, 1.82) is 0 Å². The first-order valence-electron chi connectivity index (χ1n) is 10.1. The average molecular weight is 442 g/mol. The Kier molecular flexibility index (Phi) is 5.17. The van der Waals surface area contributed by atoms with Crippen molar-refractivity contribution in [3.63, 3.8) is 0 Å². The molecule has 5 rings (SSSR count). The van der Waals surface area contributed by atoms with Gasteiger partial charge in [0, 0.05) is 5.69 Å². The molecule has 0 saturated heterocycles. The SMILES string of the molecule is Cc1ccccc1NC(=O)COc1ccc(/C=c2\sc3nc4ccccc4n3c2=O)cc1. The maximum Gasteiger partial charge on any atom is 0.274 e. The van der Waals surface area contributed by atoms with Crippen molar-refractivity contribution >= 4 is 45.0 Å². The molecule has 7 heteroatoms. The summed E-state index contributed by atoms with van der Waals surface area (Å²) in [5.74, 6) is 0.358. The van der Waals surface area contributed by atoms with Crippen molar-refractivity contribution in [3.8, 4) is 5.75 Å². The van der Waals surface area contributed by atoms with Gasteiger partial charge in [-0.3, -0.25) is 9.59 Å². The second-order valence-electron chi connectivity index (χ2n) is 7.36. The quantitative estimate of drug-likeness (QED) is 0.451. The molecule has 0 aliphatic rings. The molecule has 0 fully saturated rings. The number of hydrogen-bond acceptors (Lipinski definition) is 5. The molecule has 3 aromatic carbocycles. The number of aromatic nitrogens is 2. The molecule has 5 aromatic rings. The number of aryl methyl sites for hydroxylation is 1. The van der Waals surface area contributed by atoms with E-state index in [1.54, 1.807) is 16.5 Å². The number of imidazole rings is 1. The van der Waals surface area contributed by atoms with E-state index in [0.29, 0.717) is 15.2 Å². The number of thiazole rings is 1. The van der Waals surface area contributed by atoms with Gasteiger partial charge in [-0.2, -0.15) is 0 Å². The lowest BCUT2D eigenvalue weighted by Crippen LogP contribution is -2.22. The van der Waals surface area contributed by atoms with E-state index in [2.05, 4.69) is 10.3 Å².